The van der Waals surface area contributed by atoms with Gasteiger partial charge in [-0.1, -0.05) is 6.07 Å². The van der Waals surface area contributed by atoms with E-state index in [0.29, 0.717) is 11.6 Å². The van der Waals surface area contributed by atoms with Crippen LogP contribution in [0, 0.1) is 0 Å². The van der Waals surface area contributed by atoms with Gasteiger partial charge in [0.25, 0.3) is 0 Å². The molecule has 0 bridgehead atoms. The highest BCUT2D eigenvalue weighted by Gasteiger charge is 2.19. The number of nitrogens with zero attached hydrogens (tertiary/aromatic N) is 3. The van der Waals surface area contributed by atoms with Crippen LogP contribution < -0.4 is 20.9 Å². The predicted octanol–water partition coefficient (Wildman–Crippen LogP) is 1.90. The minimum Gasteiger partial charge on any atom is -0.490 e. The van der Waals surface area contributed by atoms with Crippen LogP contribution in [0.15, 0.2) is 23.8 Å². The lowest BCUT2D eigenvalue weighted by atomic mass is 10.2. The summed E-state index contributed by atoms with van der Waals surface area (Å²) in [6.07, 6.45) is 2.42. The second-order valence-corrected chi connectivity index (χ2v) is 5.50. The summed E-state index contributed by atoms with van der Waals surface area (Å²) in [4.78, 5) is 11.8. The van der Waals surface area contributed by atoms with Gasteiger partial charge >= 0.3 is 0 Å². The molecule has 0 amide bonds. The van der Waals surface area contributed by atoms with E-state index >= 15 is 0 Å². The number of hydrogen-bond donors (Lipinski definition) is 2. The van der Waals surface area contributed by atoms with Crippen molar-refractivity contribution in [3.8, 4) is 5.75 Å². The number of nitrogens with one attached hydrogen (secondary N) is 1. The van der Waals surface area contributed by atoms with Crippen molar-refractivity contribution < 1.29 is 4.74 Å². The molecule has 0 spiro atoms. The minimum atomic E-state index is 0.281. The van der Waals surface area contributed by atoms with Crippen LogP contribution in [0.2, 0.25) is 0 Å². The van der Waals surface area contributed by atoms with Crippen molar-refractivity contribution in [1.82, 2.24) is 9.97 Å². The van der Waals surface area contributed by atoms with Crippen LogP contribution in [-0.4, -0.2) is 30.2 Å². The molecule has 0 aliphatic heterocycles. The molecule has 7 heteroatoms. The van der Waals surface area contributed by atoms with E-state index in [-0.39, 0.29) is 6.04 Å². The summed E-state index contributed by atoms with van der Waals surface area (Å²) in [6, 6.07) is 4.48. The van der Waals surface area contributed by atoms with Gasteiger partial charge in [0, 0.05) is 24.4 Å². The molecular weight excluding hydrogens is 274 g/mol. The molecule has 2 aromatic rings. The Kier molecular flexibility index (Phi) is 4.75. The molecule has 2 heterocycles. The number of nitrogens with two attached hydrogens (primary N) is 1. The lowest BCUT2D eigenvalue weighted by Crippen LogP contribution is -2.32. The number of ether oxygens (including phenoxy) is 1. The van der Waals surface area contributed by atoms with Gasteiger partial charge < -0.3 is 15.1 Å². The fourth-order valence-corrected chi connectivity index (χ4v) is 2.80. The fraction of sp³-hybridized carbons (Fsp3) is 0.385. The first kappa shape index (κ1) is 14.5. The van der Waals surface area contributed by atoms with E-state index in [1.807, 2.05) is 7.05 Å². The summed E-state index contributed by atoms with van der Waals surface area (Å²) in [5.41, 5.74) is 2.53. The van der Waals surface area contributed by atoms with Crippen LogP contribution in [0.5, 0.6) is 5.75 Å². The van der Waals surface area contributed by atoms with Crippen molar-refractivity contribution in [2.24, 2.45) is 5.84 Å². The number of aromatic nitrogens is 2. The number of rotatable bonds is 6. The average Bonchev–Trinajstić information content (AvgIpc) is 2.98. The molecule has 0 aliphatic rings. The quantitative estimate of drug-likeness (QED) is 0.626. The maximum absolute atomic E-state index is 5.44. The van der Waals surface area contributed by atoms with Gasteiger partial charge in [-0.05, 0) is 18.4 Å². The number of methoxy groups -OCH3 is 1. The third-order valence-corrected chi connectivity index (χ3v) is 4.10. The topological polar surface area (TPSA) is 76.3 Å². The average molecular weight is 293 g/mol. The van der Waals surface area contributed by atoms with Crippen LogP contribution in [0.4, 0.5) is 11.6 Å². The maximum atomic E-state index is 5.44. The molecule has 1 unspecified atom stereocenters. The zero-order chi connectivity index (χ0) is 14.5. The molecule has 1 atom stereocenters. The van der Waals surface area contributed by atoms with Crippen LogP contribution in [0.3, 0.4) is 0 Å². The highest BCUT2D eigenvalue weighted by molar-refractivity contribution is 7.09. The van der Waals surface area contributed by atoms with Gasteiger partial charge in [-0.3, -0.25) is 0 Å². The van der Waals surface area contributed by atoms with Crippen LogP contribution in [0.1, 0.15) is 11.8 Å². The van der Waals surface area contributed by atoms with Crippen molar-refractivity contribution in [2.45, 2.75) is 19.4 Å². The Morgan fingerprint density at radius 1 is 1.50 bits per heavy atom. The maximum Gasteiger partial charge on any atom is 0.205 e. The fourth-order valence-electron chi connectivity index (χ4n) is 1.97. The molecule has 2 rings (SSSR count). The van der Waals surface area contributed by atoms with E-state index in [1.165, 1.54) is 11.2 Å². The van der Waals surface area contributed by atoms with Crippen LogP contribution >= 0.6 is 11.3 Å². The first-order valence-electron chi connectivity index (χ1n) is 6.28. The Hall–Kier alpha value is -1.86. The van der Waals surface area contributed by atoms with E-state index in [0.717, 1.165) is 12.2 Å². The zero-order valence-electron chi connectivity index (χ0n) is 11.8. The number of likely N-dealkylation sites (N-methyl/N-ethyl adjacent to an activating group) is 1. The number of thiophene rings is 1. The molecular formula is C13H19N5OS. The highest BCUT2D eigenvalue weighted by atomic mass is 32.1. The SMILES string of the molecule is COc1c(NN)ncnc1N(C)C(C)Cc1cccs1. The number of nitrogen functional groups attached to an aromatic ring is 1. The predicted molar refractivity (Wildman–Crippen MR) is 82.3 cm³/mol. The van der Waals surface area contributed by atoms with E-state index < -0.39 is 0 Å². The monoisotopic (exact) mass is 293 g/mol. The highest BCUT2D eigenvalue weighted by Crippen LogP contribution is 2.32. The summed E-state index contributed by atoms with van der Waals surface area (Å²) < 4.78 is 5.37. The number of hydrogen-bond acceptors (Lipinski definition) is 7. The zero-order valence-corrected chi connectivity index (χ0v) is 12.6. The molecule has 0 saturated carbocycles. The molecule has 6 nitrogen and oxygen atoms in total. The molecule has 0 aromatic carbocycles. The van der Waals surface area contributed by atoms with Crippen molar-refractivity contribution in [1.29, 1.82) is 0 Å². The molecule has 0 radical (unpaired) electrons. The van der Waals surface area contributed by atoms with Gasteiger partial charge in [0.2, 0.25) is 5.75 Å². The first-order chi connectivity index (χ1) is 9.67. The van der Waals surface area contributed by atoms with Crippen molar-refractivity contribution in [3.05, 3.63) is 28.7 Å². The largest absolute Gasteiger partial charge is 0.490 e. The van der Waals surface area contributed by atoms with E-state index in [2.05, 4.69) is 44.7 Å². The molecule has 20 heavy (non-hydrogen) atoms. The Morgan fingerprint density at radius 3 is 2.90 bits per heavy atom. The first-order valence-corrected chi connectivity index (χ1v) is 7.16. The second kappa shape index (κ2) is 6.53. The number of anilines is 2. The van der Waals surface area contributed by atoms with Crippen molar-refractivity contribution in [2.75, 3.05) is 24.5 Å². The Balaban J connectivity index is 2.21. The van der Waals surface area contributed by atoms with Gasteiger partial charge in [0.15, 0.2) is 11.6 Å². The van der Waals surface area contributed by atoms with Gasteiger partial charge in [-0.15, -0.1) is 11.3 Å². The second-order valence-electron chi connectivity index (χ2n) is 4.47. The molecule has 0 saturated heterocycles. The molecule has 0 fully saturated rings. The molecule has 3 N–H and O–H groups in total. The van der Waals surface area contributed by atoms with Crippen molar-refractivity contribution in [3.63, 3.8) is 0 Å². The van der Waals surface area contributed by atoms with Gasteiger partial charge in [-0.2, -0.15) is 0 Å². The Morgan fingerprint density at radius 2 is 2.30 bits per heavy atom. The van der Waals surface area contributed by atoms with E-state index in [9.17, 15) is 0 Å². The molecule has 0 aliphatic carbocycles. The Bertz CT molecular complexity index is 546. The van der Waals surface area contributed by atoms with Crippen molar-refractivity contribution >= 4 is 23.0 Å². The normalized spacial score (nSPS) is 12.0. The molecule has 2 aromatic heterocycles. The Labute approximate surface area is 122 Å². The summed E-state index contributed by atoms with van der Waals surface area (Å²) in [5.74, 6) is 7.20. The minimum absolute atomic E-state index is 0.281. The van der Waals surface area contributed by atoms with Crippen LogP contribution in [0.25, 0.3) is 0 Å². The summed E-state index contributed by atoms with van der Waals surface area (Å²) in [6.45, 7) is 2.15. The lowest BCUT2D eigenvalue weighted by Gasteiger charge is -2.27. The summed E-state index contributed by atoms with van der Waals surface area (Å²) in [7, 11) is 3.57. The summed E-state index contributed by atoms with van der Waals surface area (Å²) in [5, 5.41) is 2.09. The lowest BCUT2D eigenvalue weighted by molar-refractivity contribution is 0.411. The number of hydrazine groups is 1. The third-order valence-electron chi connectivity index (χ3n) is 3.20. The van der Waals surface area contributed by atoms with Gasteiger partial charge in [0.1, 0.15) is 6.33 Å². The van der Waals surface area contributed by atoms with E-state index in [4.69, 9.17) is 10.6 Å². The smallest absolute Gasteiger partial charge is 0.205 e. The van der Waals surface area contributed by atoms with Gasteiger partial charge in [-0.25, -0.2) is 15.8 Å². The third kappa shape index (κ3) is 3.00. The standard InChI is InChI=1S/C13H19N5OS/c1-9(7-10-5-4-6-20-10)18(2)13-11(19-3)12(17-14)15-8-16-13/h4-6,8-9H,7,14H2,1-3H3,(H,15,16,17). The molecule has 108 valence electrons. The van der Waals surface area contributed by atoms with Gasteiger partial charge in [0.05, 0.1) is 7.11 Å². The van der Waals surface area contributed by atoms with E-state index in [1.54, 1.807) is 18.4 Å². The summed E-state index contributed by atoms with van der Waals surface area (Å²) >= 11 is 1.76. The van der Waals surface area contributed by atoms with Crippen LogP contribution in [-0.2, 0) is 6.42 Å².